The normalized spacial score (nSPS) is 32.4. The second-order valence-corrected chi connectivity index (χ2v) is 5.30. The molecule has 1 nitrogen and oxygen atoms in total. The van der Waals surface area contributed by atoms with E-state index in [4.69, 9.17) is 5.73 Å². The second kappa shape index (κ2) is 5.22. The van der Waals surface area contributed by atoms with Crippen LogP contribution in [0.4, 0.5) is 0 Å². The molecule has 0 bridgehead atoms. The van der Waals surface area contributed by atoms with E-state index in [1.165, 1.54) is 36.2 Å². The van der Waals surface area contributed by atoms with Crippen LogP contribution in [0.15, 0.2) is 10.5 Å². The van der Waals surface area contributed by atoms with E-state index in [9.17, 15) is 0 Å². The maximum atomic E-state index is 5.86. The molecule has 0 aromatic rings. The van der Waals surface area contributed by atoms with Crippen molar-refractivity contribution in [3.63, 3.8) is 0 Å². The Morgan fingerprint density at radius 1 is 1.29 bits per heavy atom. The molecule has 14 heavy (non-hydrogen) atoms. The summed E-state index contributed by atoms with van der Waals surface area (Å²) in [6, 6.07) is 0.154. The van der Waals surface area contributed by atoms with Crippen LogP contribution in [0, 0.1) is 11.8 Å². The van der Waals surface area contributed by atoms with Gasteiger partial charge in [-0.1, -0.05) is 19.8 Å². The van der Waals surface area contributed by atoms with Crippen LogP contribution in [0.2, 0.25) is 0 Å². The molecule has 0 aliphatic heterocycles. The van der Waals surface area contributed by atoms with Crippen LogP contribution in [-0.2, 0) is 0 Å². The first-order valence-electron chi connectivity index (χ1n) is 5.67. The highest BCUT2D eigenvalue weighted by molar-refractivity contribution is 7.84. The fraction of sp³-hybridized carbons (Fsp3) is 0.833. The highest BCUT2D eigenvalue weighted by atomic mass is 32.1. The molecule has 0 aromatic carbocycles. The van der Waals surface area contributed by atoms with Crippen molar-refractivity contribution in [3.8, 4) is 0 Å². The van der Waals surface area contributed by atoms with Crippen LogP contribution in [0.25, 0.3) is 0 Å². The molecule has 2 N–H and O–H groups in total. The van der Waals surface area contributed by atoms with Crippen LogP contribution >= 0.6 is 12.6 Å². The van der Waals surface area contributed by atoms with Crippen molar-refractivity contribution in [2.75, 3.05) is 0 Å². The molecule has 1 aliphatic rings. The minimum absolute atomic E-state index is 0.154. The first-order chi connectivity index (χ1) is 6.52. The van der Waals surface area contributed by atoms with Crippen molar-refractivity contribution >= 4 is 12.6 Å². The van der Waals surface area contributed by atoms with Crippen molar-refractivity contribution in [3.05, 3.63) is 10.5 Å². The summed E-state index contributed by atoms with van der Waals surface area (Å²) in [5.41, 5.74) is 7.14. The van der Waals surface area contributed by atoms with Gasteiger partial charge in [0.1, 0.15) is 0 Å². The van der Waals surface area contributed by atoms with E-state index in [1.807, 2.05) is 6.92 Å². The van der Waals surface area contributed by atoms with Gasteiger partial charge >= 0.3 is 0 Å². The first-order valence-corrected chi connectivity index (χ1v) is 6.12. The first kappa shape index (κ1) is 12.1. The van der Waals surface area contributed by atoms with E-state index in [1.54, 1.807) is 0 Å². The van der Waals surface area contributed by atoms with Crippen molar-refractivity contribution in [1.82, 2.24) is 0 Å². The van der Waals surface area contributed by atoms with Crippen LogP contribution in [0.5, 0.6) is 0 Å². The molecule has 1 fully saturated rings. The van der Waals surface area contributed by atoms with Gasteiger partial charge in [0.05, 0.1) is 0 Å². The zero-order chi connectivity index (χ0) is 10.7. The maximum Gasteiger partial charge on any atom is 0.0232 e. The van der Waals surface area contributed by atoms with Crippen LogP contribution in [0.3, 0.4) is 0 Å². The molecule has 0 saturated heterocycles. The topological polar surface area (TPSA) is 26.0 Å². The number of hydrogen-bond acceptors (Lipinski definition) is 2. The van der Waals surface area contributed by atoms with Gasteiger partial charge in [-0.05, 0) is 49.0 Å². The summed E-state index contributed by atoms with van der Waals surface area (Å²) < 4.78 is 0. The lowest BCUT2D eigenvalue weighted by Crippen LogP contribution is -2.20. The Hall–Kier alpha value is 0.0500. The lowest BCUT2D eigenvalue weighted by molar-refractivity contribution is 0.326. The predicted molar refractivity (Wildman–Crippen MR) is 66.5 cm³/mol. The van der Waals surface area contributed by atoms with E-state index in [0.29, 0.717) is 5.92 Å². The third-order valence-corrected chi connectivity index (χ3v) is 4.21. The molecule has 1 unspecified atom stereocenters. The molecule has 0 heterocycles. The molecular weight excluding hydrogens is 190 g/mol. The third-order valence-electron chi connectivity index (χ3n) is 3.49. The second-order valence-electron chi connectivity index (χ2n) is 4.81. The summed E-state index contributed by atoms with van der Waals surface area (Å²) in [7, 11) is 0. The average Bonchev–Trinajstić information content (AvgIpc) is 2.16. The summed E-state index contributed by atoms with van der Waals surface area (Å²) in [6.45, 7) is 6.50. The Kier molecular flexibility index (Phi) is 4.52. The van der Waals surface area contributed by atoms with Gasteiger partial charge in [-0.2, -0.15) is 0 Å². The molecule has 1 rings (SSSR count). The molecule has 0 amide bonds. The Balaban J connectivity index is 2.61. The molecule has 1 saturated carbocycles. The van der Waals surface area contributed by atoms with Gasteiger partial charge in [0.2, 0.25) is 0 Å². The molecule has 0 aromatic heterocycles. The Morgan fingerprint density at radius 3 is 2.21 bits per heavy atom. The number of hydrogen-bond donors (Lipinski definition) is 2. The van der Waals surface area contributed by atoms with E-state index in [2.05, 4.69) is 26.5 Å². The van der Waals surface area contributed by atoms with Crippen LogP contribution in [0.1, 0.15) is 46.5 Å². The van der Waals surface area contributed by atoms with Crippen molar-refractivity contribution in [1.29, 1.82) is 0 Å². The molecule has 2 heteroatoms. The number of nitrogens with two attached hydrogens (primary N) is 1. The zero-order valence-corrected chi connectivity index (χ0v) is 10.5. The minimum Gasteiger partial charge on any atom is -0.324 e. The molecule has 1 aliphatic carbocycles. The quantitative estimate of drug-likeness (QED) is 0.676. The molecule has 0 radical (unpaired) electrons. The fourth-order valence-electron chi connectivity index (χ4n) is 2.09. The van der Waals surface area contributed by atoms with Gasteiger partial charge in [-0.3, -0.25) is 0 Å². The highest BCUT2D eigenvalue weighted by Crippen LogP contribution is 2.36. The Labute approximate surface area is 93.6 Å². The SMILES string of the molecule is C/C(=C(/S)C1CCC(C)CC1)C(C)N. The van der Waals surface area contributed by atoms with Gasteiger partial charge in [0.25, 0.3) is 0 Å². The van der Waals surface area contributed by atoms with Gasteiger partial charge in [-0.15, -0.1) is 12.6 Å². The van der Waals surface area contributed by atoms with Gasteiger partial charge in [0, 0.05) is 6.04 Å². The predicted octanol–water partition coefficient (Wildman–Crippen LogP) is 3.36. The van der Waals surface area contributed by atoms with Crippen LogP contribution < -0.4 is 5.73 Å². The van der Waals surface area contributed by atoms with Crippen LogP contribution in [-0.4, -0.2) is 6.04 Å². The Bertz CT molecular complexity index is 212. The summed E-state index contributed by atoms with van der Waals surface area (Å²) in [5.74, 6) is 1.59. The van der Waals surface area contributed by atoms with Crippen molar-refractivity contribution in [2.24, 2.45) is 17.6 Å². The zero-order valence-electron chi connectivity index (χ0n) is 9.59. The summed E-state index contributed by atoms with van der Waals surface area (Å²) in [5, 5.41) is 0. The largest absolute Gasteiger partial charge is 0.324 e. The minimum atomic E-state index is 0.154. The number of rotatable bonds is 2. The van der Waals surface area contributed by atoms with E-state index in [0.717, 1.165) is 5.92 Å². The maximum absolute atomic E-state index is 5.86. The lowest BCUT2D eigenvalue weighted by Gasteiger charge is -2.28. The van der Waals surface area contributed by atoms with E-state index < -0.39 is 0 Å². The molecule has 1 atom stereocenters. The average molecular weight is 213 g/mol. The van der Waals surface area contributed by atoms with Crippen molar-refractivity contribution < 1.29 is 0 Å². The standard InChI is InChI=1S/C12H23NS/c1-8-4-6-11(7-5-8)12(14)9(2)10(3)13/h8,10-11,14H,4-7,13H2,1-3H3/b12-9-. The molecular formula is C12H23NS. The van der Waals surface area contributed by atoms with Gasteiger partial charge in [0.15, 0.2) is 0 Å². The van der Waals surface area contributed by atoms with Crippen molar-refractivity contribution in [2.45, 2.75) is 52.5 Å². The summed E-state index contributed by atoms with van der Waals surface area (Å²) in [4.78, 5) is 1.26. The van der Waals surface area contributed by atoms with Gasteiger partial charge in [-0.25, -0.2) is 0 Å². The van der Waals surface area contributed by atoms with E-state index in [-0.39, 0.29) is 6.04 Å². The fourth-order valence-corrected chi connectivity index (χ4v) is 2.55. The van der Waals surface area contributed by atoms with Gasteiger partial charge < -0.3 is 5.73 Å². The summed E-state index contributed by atoms with van der Waals surface area (Å²) >= 11 is 4.64. The molecule has 82 valence electrons. The number of allylic oxidation sites excluding steroid dienone is 1. The third kappa shape index (κ3) is 3.03. The lowest BCUT2D eigenvalue weighted by atomic mass is 9.81. The number of thiol groups is 1. The Morgan fingerprint density at radius 2 is 1.79 bits per heavy atom. The van der Waals surface area contributed by atoms with E-state index >= 15 is 0 Å². The molecule has 0 spiro atoms. The smallest absolute Gasteiger partial charge is 0.0232 e. The highest BCUT2D eigenvalue weighted by Gasteiger charge is 2.21. The monoisotopic (exact) mass is 213 g/mol. The summed E-state index contributed by atoms with van der Waals surface area (Å²) in [6.07, 6.45) is 5.29.